The molecule has 1 aromatic heterocycles. The van der Waals surface area contributed by atoms with Crippen LogP contribution in [0.1, 0.15) is 11.1 Å². The summed E-state index contributed by atoms with van der Waals surface area (Å²) in [4.78, 5) is 3.93. The maximum absolute atomic E-state index is 12.2. The zero-order valence-corrected chi connectivity index (χ0v) is 11.7. The van der Waals surface area contributed by atoms with Gasteiger partial charge in [-0.2, -0.15) is 10.1 Å². The molecule has 19 heavy (non-hydrogen) atoms. The maximum atomic E-state index is 12.2. The van der Waals surface area contributed by atoms with Crippen molar-refractivity contribution in [2.24, 2.45) is 7.05 Å². The van der Waals surface area contributed by atoms with Gasteiger partial charge in [-0.15, -0.1) is 0 Å². The first-order valence-corrected chi connectivity index (χ1v) is 7.03. The minimum atomic E-state index is -3.72. The highest BCUT2D eigenvalue weighted by Crippen LogP contribution is 2.22. The Bertz CT molecular complexity index is 697. The largest absolute Gasteiger partial charge is 0.398 e. The quantitative estimate of drug-likeness (QED) is 0.811. The molecule has 0 fully saturated rings. The second kappa shape index (κ2) is 4.54. The predicted octanol–water partition coefficient (Wildman–Crippen LogP) is 0.815. The summed E-state index contributed by atoms with van der Waals surface area (Å²) in [7, 11) is -2.12. The molecule has 7 nitrogen and oxygen atoms in total. The van der Waals surface area contributed by atoms with Gasteiger partial charge >= 0.3 is 0 Å². The summed E-state index contributed by atoms with van der Waals surface area (Å²) in [5.41, 5.74) is 7.93. The monoisotopic (exact) mass is 281 g/mol. The molecule has 0 saturated heterocycles. The molecule has 2 aromatic rings. The number of hydrogen-bond acceptors (Lipinski definition) is 5. The van der Waals surface area contributed by atoms with Crippen molar-refractivity contribution in [3.05, 3.63) is 29.6 Å². The van der Waals surface area contributed by atoms with Crippen LogP contribution in [-0.2, 0) is 17.1 Å². The highest BCUT2D eigenvalue weighted by atomic mass is 32.2. The van der Waals surface area contributed by atoms with Crippen LogP contribution in [0.4, 0.5) is 11.6 Å². The van der Waals surface area contributed by atoms with E-state index in [2.05, 4.69) is 14.8 Å². The molecule has 1 heterocycles. The smallest absolute Gasteiger partial charge is 0.264 e. The van der Waals surface area contributed by atoms with Crippen molar-refractivity contribution < 1.29 is 8.42 Å². The van der Waals surface area contributed by atoms with E-state index in [1.165, 1.54) is 17.1 Å². The molecular formula is C11H15N5O2S. The van der Waals surface area contributed by atoms with Crippen molar-refractivity contribution in [1.82, 2.24) is 14.8 Å². The molecule has 3 N–H and O–H groups in total. The first kappa shape index (κ1) is 13.3. The lowest BCUT2D eigenvalue weighted by Gasteiger charge is -2.10. The molecule has 0 atom stereocenters. The second-order valence-electron chi connectivity index (χ2n) is 4.27. The number of aromatic nitrogens is 3. The fraction of sp³-hybridized carbons (Fsp3) is 0.273. The molecule has 8 heteroatoms. The van der Waals surface area contributed by atoms with Gasteiger partial charge in [0.2, 0.25) is 5.95 Å². The molecule has 0 amide bonds. The molecular weight excluding hydrogens is 266 g/mol. The lowest BCUT2D eigenvalue weighted by Crippen LogP contribution is -2.16. The van der Waals surface area contributed by atoms with Gasteiger partial charge in [0.1, 0.15) is 6.33 Å². The molecule has 102 valence electrons. The molecule has 0 radical (unpaired) electrons. The van der Waals surface area contributed by atoms with E-state index in [1.807, 2.05) is 13.8 Å². The SMILES string of the molecule is Cc1cc(S(=O)(=O)Nc2ncnn2C)cc(N)c1C. The Morgan fingerprint density at radius 2 is 2.00 bits per heavy atom. The highest BCUT2D eigenvalue weighted by Gasteiger charge is 2.18. The van der Waals surface area contributed by atoms with E-state index in [0.29, 0.717) is 5.69 Å². The van der Waals surface area contributed by atoms with E-state index in [-0.39, 0.29) is 10.8 Å². The van der Waals surface area contributed by atoms with E-state index in [9.17, 15) is 8.42 Å². The van der Waals surface area contributed by atoms with Crippen LogP contribution >= 0.6 is 0 Å². The van der Waals surface area contributed by atoms with Crippen molar-refractivity contribution in [2.45, 2.75) is 18.7 Å². The lowest BCUT2D eigenvalue weighted by atomic mass is 10.1. The summed E-state index contributed by atoms with van der Waals surface area (Å²) >= 11 is 0. The van der Waals surface area contributed by atoms with Crippen LogP contribution in [0.3, 0.4) is 0 Å². The molecule has 0 aliphatic heterocycles. The van der Waals surface area contributed by atoms with Crippen LogP contribution in [0.5, 0.6) is 0 Å². The van der Waals surface area contributed by atoms with Crippen molar-refractivity contribution in [3.63, 3.8) is 0 Å². The predicted molar refractivity (Wildman–Crippen MR) is 72.1 cm³/mol. The van der Waals surface area contributed by atoms with Gasteiger partial charge in [-0.3, -0.25) is 0 Å². The number of rotatable bonds is 3. The Kier molecular flexibility index (Phi) is 3.19. The van der Waals surface area contributed by atoms with Gasteiger partial charge in [0, 0.05) is 12.7 Å². The van der Waals surface area contributed by atoms with Crippen molar-refractivity contribution in [3.8, 4) is 0 Å². The van der Waals surface area contributed by atoms with Crippen LogP contribution in [-0.4, -0.2) is 23.2 Å². The molecule has 0 aliphatic rings. The molecule has 0 aliphatic carbocycles. The topological polar surface area (TPSA) is 103 Å². The molecule has 0 bridgehead atoms. The second-order valence-corrected chi connectivity index (χ2v) is 5.95. The molecule has 1 aromatic carbocycles. The minimum Gasteiger partial charge on any atom is -0.398 e. The van der Waals surface area contributed by atoms with Crippen molar-refractivity contribution >= 4 is 21.7 Å². The van der Waals surface area contributed by atoms with Crippen LogP contribution in [0.25, 0.3) is 0 Å². The lowest BCUT2D eigenvalue weighted by molar-refractivity contribution is 0.600. The summed E-state index contributed by atoms with van der Waals surface area (Å²) in [6.45, 7) is 3.66. The fourth-order valence-corrected chi connectivity index (χ4v) is 2.73. The summed E-state index contributed by atoms with van der Waals surface area (Å²) in [6, 6.07) is 3.01. The van der Waals surface area contributed by atoms with Gasteiger partial charge in [0.15, 0.2) is 0 Å². The van der Waals surface area contributed by atoms with E-state index >= 15 is 0 Å². The van der Waals surface area contributed by atoms with Gasteiger partial charge in [0.25, 0.3) is 10.0 Å². The van der Waals surface area contributed by atoms with Gasteiger partial charge in [-0.1, -0.05) is 0 Å². The third kappa shape index (κ3) is 2.53. The van der Waals surface area contributed by atoms with Gasteiger partial charge < -0.3 is 5.73 Å². The van der Waals surface area contributed by atoms with Gasteiger partial charge in [-0.05, 0) is 37.1 Å². The Balaban J connectivity index is 2.43. The van der Waals surface area contributed by atoms with E-state index in [1.54, 1.807) is 13.1 Å². The molecule has 0 unspecified atom stereocenters. The number of nitrogens with two attached hydrogens (primary N) is 1. The Labute approximate surface area is 111 Å². The van der Waals surface area contributed by atoms with Crippen LogP contribution in [0.2, 0.25) is 0 Å². The Hall–Kier alpha value is -2.09. The highest BCUT2D eigenvalue weighted by molar-refractivity contribution is 7.92. The summed E-state index contributed by atoms with van der Waals surface area (Å²) in [6.07, 6.45) is 1.27. The van der Waals surface area contributed by atoms with E-state index < -0.39 is 10.0 Å². The zero-order chi connectivity index (χ0) is 14.2. The molecule has 2 rings (SSSR count). The third-order valence-electron chi connectivity index (χ3n) is 2.93. The van der Waals surface area contributed by atoms with Crippen LogP contribution in [0, 0.1) is 13.8 Å². The maximum Gasteiger partial charge on any atom is 0.264 e. The number of nitrogen functional groups attached to an aromatic ring is 1. The van der Waals surface area contributed by atoms with Gasteiger partial charge in [-0.25, -0.2) is 17.8 Å². The first-order valence-electron chi connectivity index (χ1n) is 5.55. The number of benzene rings is 1. The molecule has 0 spiro atoms. The average molecular weight is 281 g/mol. The van der Waals surface area contributed by atoms with E-state index in [4.69, 9.17) is 5.73 Å². The number of hydrogen-bond donors (Lipinski definition) is 2. The normalized spacial score (nSPS) is 11.5. The third-order valence-corrected chi connectivity index (χ3v) is 4.24. The van der Waals surface area contributed by atoms with Crippen molar-refractivity contribution in [2.75, 3.05) is 10.5 Å². The van der Waals surface area contributed by atoms with Crippen molar-refractivity contribution in [1.29, 1.82) is 0 Å². The summed E-state index contributed by atoms with van der Waals surface area (Å²) in [5, 5.41) is 3.80. The number of nitrogens with zero attached hydrogens (tertiary/aromatic N) is 3. The minimum absolute atomic E-state index is 0.108. The van der Waals surface area contributed by atoms with E-state index in [0.717, 1.165) is 11.1 Å². The van der Waals surface area contributed by atoms with Crippen LogP contribution in [0.15, 0.2) is 23.4 Å². The Morgan fingerprint density at radius 3 is 2.53 bits per heavy atom. The summed E-state index contributed by atoms with van der Waals surface area (Å²) < 4.78 is 28.1. The summed E-state index contributed by atoms with van der Waals surface area (Å²) in [5.74, 6) is 0.150. The standard InChI is InChI=1S/C11H15N5O2S/c1-7-4-9(5-10(12)8(7)2)19(17,18)15-11-13-6-14-16(11)3/h4-6H,12H2,1-3H3,(H,13,14,15). The number of anilines is 2. The zero-order valence-electron chi connectivity index (χ0n) is 10.9. The fourth-order valence-electron chi connectivity index (χ4n) is 1.58. The number of sulfonamides is 1. The average Bonchev–Trinajstić information content (AvgIpc) is 2.70. The number of nitrogens with one attached hydrogen (secondary N) is 1. The number of aryl methyl sites for hydroxylation is 2. The van der Waals surface area contributed by atoms with Gasteiger partial charge in [0.05, 0.1) is 4.90 Å². The Morgan fingerprint density at radius 1 is 1.32 bits per heavy atom. The first-order chi connectivity index (χ1) is 8.81. The van der Waals surface area contributed by atoms with Crippen LogP contribution < -0.4 is 10.5 Å². The molecule has 0 saturated carbocycles.